The Kier molecular flexibility index (Phi) is 6.96. The third-order valence-electron chi connectivity index (χ3n) is 3.29. The van der Waals surface area contributed by atoms with E-state index in [0.29, 0.717) is 18.0 Å². The van der Waals surface area contributed by atoms with Gasteiger partial charge in [-0.1, -0.05) is 11.6 Å². The first kappa shape index (κ1) is 20.2. The molecule has 0 aliphatic carbocycles. The minimum absolute atomic E-state index is 0.0756. The van der Waals surface area contributed by atoms with Crippen LogP contribution in [0.3, 0.4) is 0 Å². The Balaban J connectivity index is 1.87. The molecule has 9 heteroatoms. The molecule has 0 heterocycles. The van der Waals surface area contributed by atoms with Gasteiger partial charge in [0.25, 0.3) is 0 Å². The summed E-state index contributed by atoms with van der Waals surface area (Å²) in [7, 11) is -3.73. The third-order valence-corrected chi connectivity index (χ3v) is 5.06. The van der Waals surface area contributed by atoms with Crippen LogP contribution in [-0.2, 0) is 14.8 Å². The zero-order valence-electron chi connectivity index (χ0n) is 14.0. The van der Waals surface area contributed by atoms with Gasteiger partial charge in [-0.15, -0.1) is 0 Å². The van der Waals surface area contributed by atoms with Crippen LogP contribution in [0, 0.1) is 5.82 Å². The van der Waals surface area contributed by atoms with Crippen LogP contribution >= 0.6 is 11.6 Å². The molecule has 2 N–H and O–H groups in total. The lowest BCUT2D eigenvalue weighted by Crippen LogP contribution is -2.27. The average molecular weight is 401 g/mol. The van der Waals surface area contributed by atoms with Crippen molar-refractivity contribution in [2.75, 3.05) is 18.5 Å². The first-order chi connectivity index (χ1) is 12.3. The molecule has 2 aromatic carbocycles. The van der Waals surface area contributed by atoms with Crippen molar-refractivity contribution in [1.29, 1.82) is 0 Å². The highest BCUT2D eigenvalue weighted by atomic mass is 35.5. The number of halogens is 2. The molecule has 140 valence electrons. The Morgan fingerprint density at radius 1 is 1.19 bits per heavy atom. The third kappa shape index (κ3) is 5.69. The van der Waals surface area contributed by atoms with Gasteiger partial charge in [0.1, 0.15) is 11.6 Å². The second-order valence-corrected chi connectivity index (χ2v) is 7.40. The lowest BCUT2D eigenvalue weighted by atomic mass is 10.3. The SMILES string of the molecule is CCOc1ccc(S(=O)(=O)NCCC(=O)Nc2ccc(F)c(Cl)c2)cc1. The molecule has 1 amide bonds. The molecule has 2 aromatic rings. The predicted octanol–water partition coefficient (Wildman–Crippen LogP) is 3.18. The Bertz CT molecular complexity index is 873. The average Bonchev–Trinajstić information content (AvgIpc) is 2.59. The molecule has 0 radical (unpaired) electrons. The summed E-state index contributed by atoms with van der Waals surface area (Å²) in [5.74, 6) is -0.446. The summed E-state index contributed by atoms with van der Waals surface area (Å²) < 4.78 is 45.0. The van der Waals surface area contributed by atoms with Crippen molar-refractivity contribution >= 4 is 33.2 Å². The monoisotopic (exact) mass is 400 g/mol. The molecule has 0 aromatic heterocycles. The predicted molar refractivity (Wildman–Crippen MR) is 97.5 cm³/mol. The van der Waals surface area contributed by atoms with E-state index in [1.807, 2.05) is 6.92 Å². The Morgan fingerprint density at radius 2 is 1.88 bits per heavy atom. The minimum atomic E-state index is -3.73. The fourth-order valence-corrected chi connectivity index (χ4v) is 3.27. The molecule has 6 nitrogen and oxygen atoms in total. The Hall–Kier alpha value is -2.16. The van der Waals surface area contributed by atoms with Gasteiger partial charge < -0.3 is 10.1 Å². The highest BCUT2D eigenvalue weighted by molar-refractivity contribution is 7.89. The Morgan fingerprint density at radius 3 is 2.50 bits per heavy atom. The van der Waals surface area contributed by atoms with E-state index in [9.17, 15) is 17.6 Å². The summed E-state index contributed by atoms with van der Waals surface area (Å²) in [6.07, 6.45) is -0.0920. The van der Waals surface area contributed by atoms with Crippen molar-refractivity contribution in [2.24, 2.45) is 0 Å². The first-order valence-corrected chi connectivity index (χ1v) is 9.65. The molecule has 2 rings (SSSR count). The zero-order valence-corrected chi connectivity index (χ0v) is 15.5. The van der Waals surface area contributed by atoms with Gasteiger partial charge in [0.15, 0.2) is 0 Å². The van der Waals surface area contributed by atoms with Crippen molar-refractivity contribution in [3.05, 3.63) is 53.3 Å². The van der Waals surface area contributed by atoms with Crippen LogP contribution in [-0.4, -0.2) is 27.5 Å². The topological polar surface area (TPSA) is 84.5 Å². The maximum absolute atomic E-state index is 13.1. The van der Waals surface area contributed by atoms with Gasteiger partial charge in [0.05, 0.1) is 16.5 Å². The molecule has 0 unspecified atom stereocenters. The molecule has 0 bridgehead atoms. The minimum Gasteiger partial charge on any atom is -0.494 e. The standard InChI is InChI=1S/C17H18ClFN2O4S/c1-2-25-13-4-6-14(7-5-13)26(23,24)20-10-9-17(22)21-12-3-8-16(19)15(18)11-12/h3-8,11,20H,2,9-10H2,1H3,(H,21,22). The summed E-state index contributed by atoms with van der Waals surface area (Å²) in [6.45, 7) is 2.23. The first-order valence-electron chi connectivity index (χ1n) is 7.79. The number of hydrogen-bond donors (Lipinski definition) is 2. The summed E-state index contributed by atoms with van der Waals surface area (Å²) >= 11 is 5.63. The van der Waals surface area contributed by atoms with Crippen molar-refractivity contribution in [3.63, 3.8) is 0 Å². The molecule has 0 saturated carbocycles. The van der Waals surface area contributed by atoms with E-state index < -0.39 is 21.7 Å². The number of anilines is 1. The van der Waals surface area contributed by atoms with Crippen molar-refractivity contribution < 1.29 is 22.3 Å². The number of carbonyl (C=O) groups excluding carboxylic acids is 1. The number of benzene rings is 2. The number of rotatable bonds is 8. The van der Waals surface area contributed by atoms with Gasteiger partial charge >= 0.3 is 0 Å². The van der Waals surface area contributed by atoms with Crippen LogP contribution in [0.25, 0.3) is 0 Å². The summed E-state index contributed by atoms with van der Waals surface area (Å²) in [6, 6.07) is 9.74. The molecule has 0 aliphatic rings. The summed E-state index contributed by atoms with van der Waals surface area (Å²) in [5, 5.41) is 2.40. The van der Waals surface area contributed by atoms with Gasteiger partial charge in [0, 0.05) is 18.7 Å². The van der Waals surface area contributed by atoms with Crippen molar-refractivity contribution in [3.8, 4) is 5.75 Å². The molecular weight excluding hydrogens is 383 g/mol. The maximum Gasteiger partial charge on any atom is 0.240 e. The fraction of sp³-hybridized carbons (Fsp3) is 0.235. The quantitative estimate of drug-likeness (QED) is 0.712. The number of nitrogens with one attached hydrogen (secondary N) is 2. The molecule has 0 saturated heterocycles. The molecule has 0 atom stereocenters. The maximum atomic E-state index is 13.1. The normalized spacial score (nSPS) is 11.2. The number of ether oxygens (including phenoxy) is 1. The molecule has 0 aliphatic heterocycles. The lowest BCUT2D eigenvalue weighted by molar-refractivity contribution is -0.116. The molecule has 0 spiro atoms. The largest absolute Gasteiger partial charge is 0.494 e. The van der Waals surface area contributed by atoms with Gasteiger partial charge in [-0.25, -0.2) is 17.5 Å². The molecule has 0 fully saturated rings. The van der Waals surface area contributed by atoms with Crippen LogP contribution in [0.5, 0.6) is 5.75 Å². The van der Waals surface area contributed by atoms with E-state index in [0.717, 1.165) is 6.07 Å². The highest BCUT2D eigenvalue weighted by Gasteiger charge is 2.14. The van der Waals surface area contributed by atoms with E-state index >= 15 is 0 Å². The number of carbonyl (C=O) groups is 1. The summed E-state index contributed by atoms with van der Waals surface area (Å²) in [4.78, 5) is 11.9. The fourth-order valence-electron chi connectivity index (χ4n) is 2.06. The van der Waals surface area contributed by atoms with Crippen molar-refractivity contribution in [2.45, 2.75) is 18.2 Å². The van der Waals surface area contributed by atoms with Crippen LogP contribution in [0.15, 0.2) is 47.4 Å². The zero-order chi connectivity index (χ0) is 19.2. The van der Waals surface area contributed by atoms with Crippen LogP contribution in [0.2, 0.25) is 5.02 Å². The van der Waals surface area contributed by atoms with E-state index in [4.69, 9.17) is 16.3 Å². The van der Waals surface area contributed by atoms with E-state index in [2.05, 4.69) is 10.0 Å². The second-order valence-electron chi connectivity index (χ2n) is 5.23. The van der Waals surface area contributed by atoms with Crippen molar-refractivity contribution in [1.82, 2.24) is 4.72 Å². The summed E-state index contributed by atoms with van der Waals surface area (Å²) in [5.41, 5.74) is 0.329. The second kappa shape index (κ2) is 8.98. The van der Waals surface area contributed by atoms with Gasteiger partial charge in [-0.05, 0) is 49.4 Å². The van der Waals surface area contributed by atoms with E-state index in [1.165, 1.54) is 24.3 Å². The van der Waals surface area contributed by atoms with Gasteiger partial charge in [0.2, 0.25) is 15.9 Å². The Labute approximate surface area is 156 Å². The smallest absolute Gasteiger partial charge is 0.240 e. The van der Waals surface area contributed by atoms with Crippen LogP contribution in [0.4, 0.5) is 10.1 Å². The van der Waals surface area contributed by atoms with Crippen LogP contribution < -0.4 is 14.8 Å². The molecular formula is C17H18ClFN2O4S. The van der Waals surface area contributed by atoms with E-state index in [-0.39, 0.29) is 22.9 Å². The van der Waals surface area contributed by atoms with Gasteiger partial charge in [-0.2, -0.15) is 0 Å². The number of amides is 1. The number of hydrogen-bond acceptors (Lipinski definition) is 4. The van der Waals surface area contributed by atoms with Gasteiger partial charge in [-0.3, -0.25) is 4.79 Å². The number of sulfonamides is 1. The highest BCUT2D eigenvalue weighted by Crippen LogP contribution is 2.19. The van der Waals surface area contributed by atoms with E-state index in [1.54, 1.807) is 12.1 Å². The van der Waals surface area contributed by atoms with Crippen LogP contribution in [0.1, 0.15) is 13.3 Å². The lowest BCUT2D eigenvalue weighted by Gasteiger charge is -2.09. The molecule has 26 heavy (non-hydrogen) atoms.